The number of nitrogens with one attached hydrogen (secondary N) is 1. The summed E-state index contributed by atoms with van der Waals surface area (Å²) < 4.78 is 5.79. The molecule has 0 radical (unpaired) electrons. The average Bonchev–Trinajstić information content (AvgIpc) is 3.27. The number of phenols is 1. The lowest BCUT2D eigenvalue weighted by Crippen LogP contribution is -2.29. The van der Waals surface area contributed by atoms with Gasteiger partial charge >= 0.3 is 0 Å². The van der Waals surface area contributed by atoms with Crippen LogP contribution in [0.5, 0.6) is 5.75 Å². The number of furan rings is 1. The van der Waals surface area contributed by atoms with Crippen molar-refractivity contribution in [1.29, 1.82) is 0 Å². The van der Waals surface area contributed by atoms with Gasteiger partial charge in [0, 0.05) is 24.7 Å². The van der Waals surface area contributed by atoms with Crippen molar-refractivity contribution in [1.82, 2.24) is 4.90 Å². The molecule has 0 aliphatic carbocycles. The van der Waals surface area contributed by atoms with Crippen LogP contribution >= 0.6 is 24.0 Å². The quantitative estimate of drug-likeness (QED) is 0.288. The van der Waals surface area contributed by atoms with Crippen LogP contribution < -0.4 is 5.32 Å². The van der Waals surface area contributed by atoms with Gasteiger partial charge in [-0.25, -0.2) is 0 Å². The summed E-state index contributed by atoms with van der Waals surface area (Å²) in [4.78, 5) is 26.6. The lowest BCUT2D eigenvalue weighted by Gasteiger charge is -2.14. The molecule has 0 spiro atoms. The Morgan fingerprint density at radius 1 is 1.21 bits per heavy atom. The molecule has 8 heteroatoms. The molecule has 2 N–H and O–H groups in total. The largest absolute Gasteiger partial charge is 0.508 e. The molecule has 6 nitrogen and oxygen atoms in total. The van der Waals surface area contributed by atoms with Crippen LogP contribution in [0.1, 0.15) is 31.4 Å². The Morgan fingerprint density at radius 3 is 2.71 bits per heavy atom. The number of phenolic OH excluding ortho intramolecular Hbond substituents is 1. The number of benzene rings is 1. The molecule has 0 saturated carbocycles. The highest BCUT2D eigenvalue weighted by molar-refractivity contribution is 8.26. The normalized spacial score (nSPS) is 15.4. The zero-order valence-electron chi connectivity index (χ0n) is 15.1. The van der Waals surface area contributed by atoms with Gasteiger partial charge in [0.1, 0.15) is 15.8 Å². The van der Waals surface area contributed by atoms with Crippen molar-refractivity contribution >= 4 is 51.9 Å². The lowest BCUT2D eigenvalue weighted by molar-refractivity contribution is -0.122. The fraction of sp³-hybridized carbons (Fsp3) is 0.250. The van der Waals surface area contributed by atoms with Gasteiger partial charge in [0.15, 0.2) is 0 Å². The third kappa shape index (κ3) is 5.46. The van der Waals surface area contributed by atoms with E-state index >= 15 is 0 Å². The van der Waals surface area contributed by atoms with E-state index < -0.39 is 0 Å². The Labute approximate surface area is 172 Å². The monoisotopic (exact) mass is 416 g/mol. The van der Waals surface area contributed by atoms with Crippen LogP contribution in [0.25, 0.3) is 6.08 Å². The molecule has 1 aromatic carbocycles. The minimum atomic E-state index is -0.100. The fourth-order valence-corrected chi connectivity index (χ4v) is 3.98. The number of rotatable bonds is 8. The van der Waals surface area contributed by atoms with Gasteiger partial charge in [-0.05, 0) is 49.2 Å². The maximum Gasteiger partial charge on any atom is 0.266 e. The smallest absolute Gasteiger partial charge is 0.266 e. The van der Waals surface area contributed by atoms with Crippen LogP contribution in [0, 0.1) is 0 Å². The zero-order chi connectivity index (χ0) is 19.9. The van der Waals surface area contributed by atoms with Crippen molar-refractivity contribution in [3.8, 4) is 5.75 Å². The van der Waals surface area contributed by atoms with E-state index in [1.807, 2.05) is 0 Å². The molecule has 2 amide bonds. The molecule has 1 aliphatic rings. The van der Waals surface area contributed by atoms with Crippen LogP contribution in [-0.2, 0) is 9.59 Å². The first-order valence-electron chi connectivity index (χ1n) is 8.91. The van der Waals surface area contributed by atoms with Crippen molar-refractivity contribution in [2.24, 2.45) is 0 Å². The molecule has 2 heterocycles. The first-order chi connectivity index (χ1) is 13.5. The first-order valence-corrected chi connectivity index (χ1v) is 10.1. The molecule has 0 atom stereocenters. The number of amides is 2. The highest BCUT2D eigenvalue weighted by Gasteiger charge is 2.31. The summed E-state index contributed by atoms with van der Waals surface area (Å²) in [5.41, 5.74) is 0.656. The van der Waals surface area contributed by atoms with Gasteiger partial charge in [-0.15, -0.1) is 0 Å². The number of hydrogen-bond acceptors (Lipinski definition) is 6. The second kappa shape index (κ2) is 9.57. The van der Waals surface area contributed by atoms with Crippen molar-refractivity contribution in [2.75, 3.05) is 11.9 Å². The van der Waals surface area contributed by atoms with Crippen molar-refractivity contribution in [3.05, 3.63) is 53.3 Å². The van der Waals surface area contributed by atoms with Gasteiger partial charge in [0.05, 0.1) is 11.2 Å². The van der Waals surface area contributed by atoms with Gasteiger partial charge in [-0.1, -0.05) is 30.4 Å². The first kappa shape index (κ1) is 20.2. The highest BCUT2D eigenvalue weighted by Crippen LogP contribution is 2.32. The van der Waals surface area contributed by atoms with E-state index in [2.05, 4.69) is 5.32 Å². The van der Waals surface area contributed by atoms with E-state index in [9.17, 15) is 14.7 Å². The second-order valence-electron chi connectivity index (χ2n) is 6.25. The maximum atomic E-state index is 12.5. The highest BCUT2D eigenvalue weighted by atomic mass is 32.2. The molecule has 1 aliphatic heterocycles. The third-order valence-electron chi connectivity index (χ3n) is 4.13. The number of hydrogen-bond donors (Lipinski definition) is 2. The molecule has 2 aromatic rings. The summed E-state index contributed by atoms with van der Waals surface area (Å²) >= 11 is 6.58. The molecular formula is C20H20N2O4S2. The standard InChI is InChI=1S/C20H20N2O4S2/c23-15-9-7-14(8-10-15)21-18(24)6-2-1-3-11-22-19(25)17(28-20(22)27)13-16-5-4-12-26-16/h4-5,7-10,12-13,23H,1-3,6,11H2,(H,21,24)/b17-13-. The molecule has 28 heavy (non-hydrogen) atoms. The third-order valence-corrected chi connectivity index (χ3v) is 5.50. The van der Waals surface area contributed by atoms with Gasteiger partial charge in [-0.2, -0.15) is 0 Å². The minimum absolute atomic E-state index is 0.0716. The number of carbonyl (C=O) groups excluding carboxylic acids is 2. The molecular weight excluding hydrogens is 396 g/mol. The Balaban J connectivity index is 1.38. The molecule has 146 valence electrons. The van der Waals surface area contributed by atoms with E-state index in [4.69, 9.17) is 16.6 Å². The summed E-state index contributed by atoms with van der Waals surface area (Å²) in [7, 11) is 0. The van der Waals surface area contributed by atoms with Crippen molar-refractivity contribution in [3.63, 3.8) is 0 Å². The Hall–Kier alpha value is -2.58. The number of nitrogens with zero attached hydrogens (tertiary/aromatic N) is 1. The molecule has 3 rings (SSSR count). The summed E-state index contributed by atoms with van der Waals surface area (Å²) in [6.45, 7) is 0.541. The summed E-state index contributed by atoms with van der Waals surface area (Å²) in [5, 5.41) is 12.0. The number of thiocarbonyl (C=S) groups is 1. The van der Waals surface area contributed by atoms with E-state index in [0.717, 1.165) is 19.3 Å². The van der Waals surface area contributed by atoms with E-state index in [1.165, 1.54) is 23.9 Å². The predicted octanol–water partition coefficient (Wildman–Crippen LogP) is 4.39. The summed E-state index contributed by atoms with van der Waals surface area (Å²) in [6.07, 6.45) is 5.97. The topological polar surface area (TPSA) is 82.8 Å². The Bertz CT molecular complexity index is 876. The second-order valence-corrected chi connectivity index (χ2v) is 7.93. The van der Waals surface area contributed by atoms with Crippen molar-refractivity contribution in [2.45, 2.75) is 25.7 Å². The van der Waals surface area contributed by atoms with Crippen molar-refractivity contribution < 1.29 is 19.1 Å². The number of unbranched alkanes of at least 4 members (excludes halogenated alkanes) is 2. The average molecular weight is 417 g/mol. The van der Waals surface area contributed by atoms with Gasteiger partial charge in [-0.3, -0.25) is 14.5 Å². The fourth-order valence-electron chi connectivity index (χ4n) is 2.70. The molecule has 1 saturated heterocycles. The van der Waals surface area contributed by atoms with Gasteiger partial charge in [0.25, 0.3) is 5.91 Å². The number of thioether (sulfide) groups is 1. The molecule has 0 bridgehead atoms. The number of anilines is 1. The predicted molar refractivity (Wildman–Crippen MR) is 114 cm³/mol. The number of carbonyl (C=O) groups is 2. The Morgan fingerprint density at radius 2 is 2.00 bits per heavy atom. The van der Waals surface area contributed by atoms with Gasteiger partial charge < -0.3 is 14.8 Å². The van der Waals surface area contributed by atoms with E-state index in [0.29, 0.717) is 33.6 Å². The Kier molecular flexibility index (Phi) is 6.89. The molecule has 1 fully saturated rings. The maximum absolute atomic E-state index is 12.5. The molecule has 0 unspecified atom stereocenters. The summed E-state index contributed by atoms with van der Waals surface area (Å²) in [6, 6.07) is 9.91. The SMILES string of the molecule is O=C(CCCCCN1C(=O)/C(=C/c2ccco2)SC1=S)Nc1ccc(O)cc1. The molecule has 1 aromatic heterocycles. The van der Waals surface area contributed by atoms with Crippen LogP contribution in [0.4, 0.5) is 5.69 Å². The van der Waals surface area contributed by atoms with Crippen LogP contribution in [0.2, 0.25) is 0 Å². The summed E-state index contributed by atoms with van der Waals surface area (Å²) in [5.74, 6) is 0.613. The van der Waals surface area contributed by atoms with Crippen LogP contribution in [-0.4, -0.2) is 32.7 Å². The zero-order valence-corrected chi connectivity index (χ0v) is 16.7. The number of aromatic hydroxyl groups is 1. The van der Waals surface area contributed by atoms with Crippen LogP contribution in [0.15, 0.2) is 52.0 Å². The van der Waals surface area contributed by atoms with Gasteiger partial charge in [0.2, 0.25) is 5.91 Å². The lowest BCUT2D eigenvalue weighted by atomic mass is 10.1. The minimum Gasteiger partial charge on any atom is -0.508 e. The van der Waals surface area contributed by atoms with Crippen LogP contribution in [0.3, 0.4) is 0 Å². The van der Waals surface area contributed by atoms with E-state index in [-0.39, 0.29) is 17.6 Å². The van der Waals surface area contributed by atoms with E-state index in [1.54, 1.807) is 41.5 Å².